The summed E-state index contributed by atoms with van der Waals surface area (Å²) in [7, 11) is 2.13. The fourth-order valence-electron chi connectivity index (χ4n) is 1.81. The molecule has 1 rings (SSSR count). The number of nitrogens with zero attached hydrogens (tertiary/aromatic N) is 1. The van der Waals surface area contributed by atoms with Crippen LogP contribution in [0.3, 0.4) is 0 Å². The molecule has 2 nitrogen and oxygen atoms in total. The summed E-state index contributed by atoms with van der Waals surface area (Å²) in [5, 5.41) is 0. The Kier molecular flexibility index (Phi) is 6.17. The quantitative estimate of drug-likeness (QED) is 0.873. The fraction of sp³-hybridized carbons (Fsp3) is 0.571. The molecule has 0 aliphatic carbocycles. The summed E-state index contributed by atoms with van der Waals surface area (Å²) in [5.74, 6) is 0.586. The van der Waals surface area contributed by atoms with Crippen LogP contribution in [0.1, 0.15) is 25.8 Å². The molecular formula is C14H23BrN2. The molecule has 0 bridgehead atoms. The predicted octanol–water partition coefficient (Wildman–Crippen LogP) is 3.25. The average Bonchev–Trinajstić information content (AvgIpc) is 2.30. The van der Waals surface area contributed by atoms with E-state index in [9.17, 15) is 0 Å². The molecule has 0 aromatic heterocycles. The largest absolute Gasteiger partial charge is 0.326 e. The molecule has 0 radical (unpaired) electrons. The number of likely N-dealkylation sites (N-methyl/N-ethyl adjacent to an activating group) is 1. The van der Waals surface area contributed by atoms with Gasteiger partial charge in [-0.1, -0.05) is 48.3 Å². The van der Waals surface area contributed by atoms with Crippen molar-refractivity contribution in [3.8, 4) is 0 Å². The van der Waals surface area contributed by atoms with Crippen LogP contribution in [-0.4, -0.2) is 24.5 Å². The SMILES string of the molecule is CC[C@H](C)[C@H](N)CN(C)Cc1ccc(Br)cc1. The third kappa shape index (κ3) is 5.19. The molecule has 0 saturated carbocycles. The molecule has 96 valence electrons. The van der Waals surface area contributed by atoms with Gasteiger partial charge in [0.1, 0.15) is 0 Å². The normalized spacial score (nSPS) is 14.9. The van der Waals surface area contributed by atoms with Crippen molar-refractivity contribution in [1.82, 2.24) is 4.90 Å². The number of hydrogen-bond donors (Lipinski definition) is 1. The number of benzene rings is 1. The van der Waals surface area contributed by atoms with Crippen LogP contribution in [0, 0.1) is 5.92 Å². The molecule has 1 aromatic carbocycles. The van der Waals surface area contributed by atoms with E-state index >= 15 is 0 Å². The Morgan fingerprint density at radius 2 is 1.88 bits per heavy atom. The van der Waals surface area contributed by atoms with Crippen LogP contribution in [0.25, 0.3) is 0 Å². The van der Waals surface area contributed by atoms with Crippen molar-refractivity contribution >= 4 is 15.9 Å². The molecule has 3 heteroatoms. The van der Waals surface area contributed by atoms with Crippen molar-refractivity contribution in [2.45, 2.75) is 32.9 Å². The first-order valence-electron chi connectivity index (χ1n) is 6.21. The highest BCUT2D eigenvalue weighted by Gasteiger charge is 2.13. The maximum atomic E-state index is 6.16. The third-order valence-corrected chi connectivity index (χ3v) is 3.79. The number of nitrogens with two attached hydrogens (primary N) is 1. The highest BCUT2D eigenvalue weighted by Crippen LogP contribution is 2.13. The van der Waals surface area contributed by atoms with E-state index in [-0.39, 0.29) is 6.04 Å². The second-order valence-corrected chi connectivity index (χ2v) is 5.79. The van der Waals surface area contributed by atoms with Crippen LogP contribution >= 0.6 is 15.9 Å². The van der Waals surface area contributed by atoms with Gasteiger partial charge in [-0.3, -0.25) is 0 Å². The van der Waals surface area contributed by atoms with E-state index in [4.69, 9.17) is 5.73 Å². The fourth-order valence-corrected chi connectivity index (χ4v) is 2.07. The van der Waals surface area contributed by atoms with Crippen molar-refractivity contribution in [3.63, 3.8) is 0 Å². The Morgan fingerprint density at radius 3 is 2.41 bits per heavy atom. The van der Waals surface area contributed by atoms with Gasteiger partial charge >= 0.3 is 0 Å². The monoisotopic (exact) mass is 298 g/mol. The van der Waals surface area contributed by atoms with Crippen LogP contribution in [0.5, 0.6) is 0 Å². The van der Waals surface area contributed by atoms with Crippen molar-refractivity contribution in [1.29, 1.82) is 0 Å². The maximum Gasteiger partial charge on any atom is 0.0231 e. The molecule has 0 amide bonds. The zero-order chi connectivity index (χ0) is 12.8. The molecule has 0 saturated heterocycles. The summed E-state index contributed by atoms with van der Waals surface area (Å²) in [6.45, 7) is 6.32. The van der Waals surface area contributed by atoms with Gasteiger partial charge in [0.25, 0.3) is 0 Å². The Hall–Kier alpha value is -0.380. The molecule has 0 spiro atoms. The molecule has 0 aliphatic heterocycles. The van der Waals surface area contributed by atoms with Gasteiger partial charge in [0.2, 0.25) is 0 Å². The highest BCUT2D eigenvalue weighted by molar-refractivity contribution is 9.10. The van der Waals surface area contributed by atoms with Crippen molar-refractivity contribution in [2.24, 2.45) is 11.7 Å². The Morgan fingerprint density at radius 1 is 1.29 bits per heavy atom. The summed E-state index contributed by atoms with van der Waals surface area (Å²) in [5.41, 5.74) is 7.48. The molecule has 1 aromatic rings. The smallest absolute Gasteiger partial charge is 0.0231 e. The summed E-state index contributed by atoms with van der Waals surface area (Å²) < 4.78 is 1.13. The second-order valence-electron chi connectivity index (χ2n) is 4.87. The van der Waals surface area contributed by atoms with E-state index in [1.807, 2.05) is 0 Å². The topological polar surface area (TPSA) is 29.3 Å². The lowest BCUT2D eigenvalue weighted by atomic mass is 10.00. The van der Waals surface area contributed by atoms with Gasteiger partial charge in [-0.05, 0) is 30.7 Å². The van der Waals surface area contributed by atoms with Crippen LogP contribution in [0.2, 0.25) is 0 Å². The van der Waals surface area contributed by atoms with Gasteiger partial charge in [-0.2, -0.15) is 0 Å². The summed E-state index contributed by atoms with van der Waals surface area (Å²) >= 11 is 3.45. The summed E-state index contributed by atoms with van der Waals surface area (Å²) in [6.07, 6.45) is 1.15. The predicted molar refractivity (Wildman–Crippen MR) is 77.9 cm³/mol. The standard InChI is InChI=1S/C14H23BrN2/c1-4-11(2)14(16)10-17(3)9-12-5-7-13(15)8-6-12/h5-8,11,14H,4,9-10,16H2,1-3H3/t11-,14+/m0/s1. The van der Waals surface area contributed by atoms with Crippen molar-refractivity contribution in [3.05, 3.63) is 34.3 Å². The van der Waals surface area contributed by atoms with E-state index in [0.29, 0.717) is 5.92 Å². The molecular weight excluding hydrogens is 276 g/mol. The van der Waals surface area contributed by atoms with E-state index in [2.05, 4.69) is 66.0 Å². The van der Waals surface area contributed by atoms with Gasteiger partial charge in [0.15, 0.2) is 0 Å². The van der Waals surface area contributed by atoms with Crippen LogP contribution in [0.4, 0.5) is 0 Å². The van der Waals surface area contributed by atoms with Crippen LogP contribution < -0.4 is 5.73 Å². The Bertz CT molecular complexity index is 323. The molecule has 17 heavy (non-hydrogen) atoms. The lowest BCUT2D eigenvalue weighted by Crippen LogP contribution is -2.39. The first-order chi connectivity index (χ1) is 8.02. The van der Waals surface area contributed by atoms with Crippen LogP contribution in [-0.2, 0) is 6.54 Å². The second kappa shape index (κ2) is 7.14. The molecule has 0 fully saturated rings. The Labute approximate surface area is 113 Å². The van der Waals surface area contributed by atoms with Gasteiger partial charge < -0.3 is 10.6 Å². The minimum atomic E-state index is 0.264. The van der Waals surface area contributed by atoms with E-state index in [1.54, 1.807) is 0 Å². The molecule has 0 heterocycles. The minimum absolute atomic E-state index is 0.264. The van der Waals surface area contributed by atoms with Crippen LogP contribution in [0.15, 0.2) is 28.7 Å². The number of halogens is 1. The first kappa shape index (κ1) is 14.7. The Balaban J connectivity index is 2.44. The van der Waals surface area contributed by atoms with E-state index in [1.165, 1.54) is 5.56 Å². The van der Waals surface area contributed by atoms with Gasteiger partial charge in [-0.15, -0.1) is 0 Å². The number of hydrogen-bond acceptors (Lipinski definition) is 2. The third-order valence-electron chi connectivity index (χ3n) is 3.26. The number of rotatable bonds is 6. The lowest BCUT2D eigenvalue weighted by molar-refractivity contribution is 0.267. The highest BCUT2D eigenvalue weighted by atomic mass is 79.9. The summed E-state index contributed by atoms with van der Waals surface area (Å²) in [4.78, 5) is 2.29. The van der Waals surface area contributed by atoms with E-state index in [0.717, 1.165) is 24.0 Å². The van der Waals surface area contributed by atoms with Gasteiger partial charge in [-0.25, -0.2) is 0 Å². The summed E-state index contributed by atoms with van der Waals surface area (Å²) in [6, 6.07) is 8.72. The maximum absolute atomic E-state index is 6.16. The lowest BCUT2D eigenvalue weighted by Gasteiger charge is -2.25. The van der Waals surface area contributed by atoms with Gasteiger partial charge in [0.05, 0.1) is 0 Å². The van der Waals surface area contributed by atoms with Crippen molar-refractivity contribution in [2.75, 3.05) is 13.6 Å². The zero-order valence-electron chi connectivity index (χ0n) is 11.0. The molecule has 0 aliphatic rings. The molecule has 2 atom stereocenters. The molecule has 2 N–H and O–H groups in total. The minimum Gasteiger partial charge on any atom is -0.326 e. The molecule has 0 unspecified atom stereocenters. The van der Waals surface area contributed by atoms with Gasteiger partial charge in [0, 0.05) is 23.6 Å². The average molecular weight is 299 g/mol. The van der Waals surface area contributed by atoms with Crippen molar-refractivity contribution < 1.29 is 0 Å². The zero-order valence-corrected chi connectivity index (χ0v) is 12.6. The van der Waals surface area contributed by atoms with E-state index < -0.39 is 0 Å². The first-order valence-corrected chi connectivity index (χ1v) is 7.00.